The van der Waals surface area contributed by atoms with Crippen LogP contribution in [0.5, 0.6) is 0 Å². The zero-order valence-electron chi connectivity index (χ0n) is 33.1. The Hall–Kier alpha value is -4.60. The lowest BCUT2D eigenvalue weighted by atomic mass is 9.10. The largest absolute Gasteiger partial charge is 0.289 e. The van der Waals surface area contributed by atoms with Crippen LogP contribution in [0.3, 0.4) is 0 Å². The summed E-state index contributed by atoms with van der Waals surface area (Å²) in [5.74, 6) is 1.24. The van der Waals surface area contributed by atoms with Crippen molar-refractivity contribution in [1.29, 1.82) is 0 Å². The fourth-order valence-corrected chi connectivity index (χ4v) is 9.53. The molecule has 0 aliphatic rings. The van der Waals surface area contributed by atoms with Gasteiger partial charge in [0.1, 0.15) is 0 Å². The molecule has 0 aromatic heterocycles. The fraction of sp³-hybridized carbons (Fsp3) is 0.260. The number of ketones is 1. The highest BCUT2D eigenvalue weighted by Gasteiger charge is 2.34. The maximum absolute atomic E-state index is 13.1. The molecule has 0 saturated carbocycles. The Morgan fingerprint density at radius 2 is 0.830 bits per heavy atom. The van der Waals surface area contributed by atoms with E-state index in [0.29, 0.717) is 11.6 Å². The van der Waals surface area contributed by atoms with E-state index < -0.39 is 6.15 Å². The summed E-state index contributed by atoms with van der Waals surface area (Å²) < 4.78 is 0. The van der Waals surface area contributed by atoms with E-state index in [0.717, 1.165) is 12.0 Å². The van der Waals surface area contributed by atoms with Crippen LogP contribution in [0.4, 0.5) is 0 Å². The van der Waals surface area contributed by atoms with Crippen molar-refractivity contribution in [3.8, 4) is 0 Å². The van der Waals surface area contributed by atoms with E-state index in [2.05, 4.69) is 195 Å². The molecular formula is C50H57BOS. The molecule has 53 heavy (non-hydrogen) atoms. The quantitative estimate of drug-likeness (QED) is 0.0784. The van der Waals surface area contributed by atoms with Gasteiger partial charge in [0, 0.05) is 5.56 Å². The number of hydrogen-bond donors (Lipinski definition) is 0. The Kier molecular flexibility index (Phi) is 13.1. The maximum Gasteiger partial charge on any atom is 0.212 e. The van der Waals surface area contributed by atoms with Gasteiger partial charge in [-0.25, -0.2) is 0 Å². The Morgan fingerprint density at radius 1 is 0.509 bits per heavy atom. The molecule has 0 aliphatic carbocycles. The zero-order valence-corrected chi connectivity index (χ0v) is 33.9. The van der Waals surface area contributed by atoms with Gasteiger partial charge in [-0.05, 0) is 46.2 Å². The first kappa shape index (κ1) is 39.6. The van der Waals surface area contributed by atoms with Gasteiger partial charge in [-0.15, -0.1) is 0 Å². The van der Waals surface area contributed by atoms with Gasteiger partial charge in [-0.2, -0.15) is 22.2 Å². The van der Waals surface area contributed by atoms with Crippen molar-refractivity contribution in [2.24, 2.45) is 0 Å². The Bertz CT molecular complexity index is 1840. The number of hydrogen-bond acceptors (Lipinski definition) is 1. The van der Waals surface area contributed by atoms with Gasteiger partial charge >= 0.3 is 0 Å². The van der Waals surface area contributed by atoms with Crippen molar-refractivity contribution >= 4 is 39.2 Å². The molecule has 0 heterocycles. The molecule has 1 unspecified atom stereocenters. The topological polar surface area (TPSA) is 17.1 Å². The molecule has 0 bridgehead atoms. The summed E-state index contributed by atoms with van der Waals surface area (Å²) in [6.45, 7) is 18.1. The number of carbonyl (C=O) groups excluding carboxylic acids is 1. The first-order chi connectivity index (χ1) is 25.4. The van der Waals surface area contributed by atoms with Crippen molar-refractivity contribution in [1.82, 2.24) is 0 Å². The molecular weight excluding hydrogens is 659 g/mol. The average Bonchev–Trinajstić information content (AvgIpc) is 3.18. The predicted molar refractivity (Wildman–Crippen MR) is 234 cm³/mol. The fourth-order valence-electron chi connectivity index (χ4n) is 7.57. The highest BCUT2D eigenvalue weighted by molar-refractivity contribution is 7.97. The number of Topliss-reactive ketones (excluding diaryl/α,β-unsaturated/α-hetero) is 1. The molecule has 1 atom stereocenters. The van der Waals surface area contributed by atoms with E-state index in [4.69, 9.17) is 0 Å². The van der Waals surface area contributed by atoms with E-state index in [1.54, 1.807) is 0 Å². The average molecular weight is 717 g/mol. The van der Waals surface area contributed by atoms with Crippen LogP contribution in [0, 0.1) is 0 Å². The molecule has 1 nitrogen and oxygen atoms in total. The molecule has 272 valence electrons. The lowest BCUT2D eigenvalue weighted by molar-refractivity contribution is 0.102. The molecule has 0 fully saturated rings. The monoisotopic (exact) mass is 716 g/mol. The lowest BCUT2D eigenvalue weighted by Gasteiger charge is -2.48. The Morgan fingerprint density at radius 3 is 1.13 bits per heavy atom. The number of rotatable bonds is 10. The van der Waals surface area contributed by atoms with Crippen LogP contribution in [0.25, 0.3) is 0 Å². The van der Waals surface area contributed by atoms with Crippen LogP contribution in [-0.2, 0) is 21.7 Å². The molecule has 0 aliphatic heterocycles. The standard InChI is InChI=1S/C28H33OS.C22H24B/c1-27(2,3)22-12-16-24(17-13-22)30(20-26(29)21-10-8-7-9-11-21)25-18-14-23(15-19-25)28(4,5)6;1-3-19(2)23(20-13-7-4-8-14-20,21-15-9-5-10-16-21)22-17-11-6-12-18-22/h7-19H,20H2,1-6H3;4-19H,3H2,1-2H3/q+1;-1. The van der Waals surface area contributed by atoms with Crippen LogP contribution >= 0.6 is 0 Å². The molecule has 6 aromatic carbocycles. The molecule has 3 heteroatoms. The van der Waals surface area contributed by atoms with E-state index in [1.165, 1.54) is 37.3 Å². The second-order valence-electron chi connectivity index (χ2n) is 16.4. The minimum absolute atomic E-state index is 0.116. The van der Waals surface area contributed by atoms with Gasteiger partial charge in [0.15, 0.2) is 15.5 Å². The first-order valence-corrected chi connectivity index (χ1v) is 20.6. The highest BCUT2D eigenvalue weighted by Crippen LogP contribution is 2.31. The van der Waals surface area contributed by atoms with Gasteiger partial charge in [0.25, 0.3) is 0 Å². The van der Waals surface area contributed by atoms with E-state index in [1.807, 2.05) is 30.3 Å². The molecule has 0 N–H and O–H groups in total. The third kappa shape index (κ3) is 9.50. The van der Waals surface area contributed by atoms with E-state index in [9.17, 15) is 4.79 Å². The van der Waals surface area contributed by atoms with E-state index >= 15 is 0 Å². The predicted octanol–water partition coefficient (Wildman–Crippen LogP) is 11.2. The molecule has 6 rings (SSSR count). The van der Waals surface area contributed by atoms with Crippen LogP contribution in [0.15, 0.2) is 180 Å². The van der Waals surface area contributed by atoms with Crippen molar-refractivity contribution in [2.45, 2.75) is 88.2 Å². The molecule has 6 aromatic rings. The summed E-state index contributed by atoms with van der Waals surface area (Å²) >= 11 is 0. The molecule has 0 saturated heterocycles. The normalized spacial score (nSPS) is 12.5. The van der Waals surface area contributed by atoms with Crippen LogP contribution in [-0.4, -0.2) is 17.7 Å². The number of benzene rings is 6. The van der Waals surface area contributed by atoms with Crippen molar-refractivity contribution in [3.05, 3.63) is 187 Å². The van der Waals surface area contributed by atoms with Crippen LogP contribution in [0.1, 0.15) is 83.3 Å². The summed E-state index contributed by atoms with van der Waals surface area (Å²) in [4.78, 5) is 15.5. The summed E-state index contributed by atoms with van der Waals surface area (Å²) in [5.41, 5.74) is 7.93. The minimum Gasteiger partial charge on any atom is -0.289 e. The lowest BCUT2D eigenvalue weighted by Crippen LogP contribution is -2.69. The van der Waals surface area contributed by atoms with Gasteiger partial charge in [0.2, 0.25) is 5.78 Å². The molecule has 0 amide bonds. The van der Waals surface area contributed by atoms with Crippen LogP contribution < -0.4 is 16.4 Å². The van der Waals surface area contributed by atoms with Gasteiger partial charge < -0.3 is 0 Å². The SMILES string of the molecule is CC(C)(C)c1ccc([S+](CC(=O)c2ccccc2)c2ccc(C(C)(C)C)cc2)cc1.CCC(C)[B-](c1ccccc1)(c1ccccc1)c1ccccc1. The van der Waals surface area contributed by atoms with Gasteiger partial charge in [0.05, 0.1) is 17.0 Å². The summed E-state index contributed by atoms with van der Waals surface area (Å²) in [5, 5.41) is 0. The molecule has 0 radical (unpaired) electrons. The van der Waals surface area contributed by atoms with Crippen molar-refractivity contribution < 1.29 is 4.79 Å². The Balaban J connectivity index is 0.000000211. The summed E-state index contributed by atoms with van der Waals surface area (Å²) in [7, 11) is -0.301. The second kappa shape index (κ2) is 17.5. The molecule has 0 spiro atoms. The maximum atomic E-state index is 13.1. The summed E-state index contributed by atoms with van der Waals surface area (Å²) in [6, 6.07) is 60.4. The van der Waals surface area contributed by atoms with E-state index in [-0.39, 0.29) is 27.5 Å². The highest BCUT2D eigenvalue weighted by atomic mass is 32.2. The second-order valence-corrected chi connectivity index (χ2v) is 18.4. The summed E-state index contributed by atoms with van der Waals surface area (Å²) in [6.07, 6.45) is 0.177. The first-order valence-electron chi connectivity index (χ1n) is 19.2. The number of carbonyl (C=O) groups is 1. The Labute approximate surface area is 323 Å². The van der Waals surface area contributed by atoms with Crippen LogP contribution in [0.2, 0.25) is 5.82 Å². The third-order valence-corrected chi connectivity index (χ3v) is 13.1. The van der Waals surface area contributed by atoms with Gasteiger partial charge in [-0.3, -0.25) is 4.79 Å². The zero-order chi connectivity index (χ0) is 38.1. The smallest absolute Gasteiger partial charge is 0.212 e. The van der Waals surface area contributed by atoms with Crippen molar-refractivity contribution in [3.63, 3.8) is 0 Å². The third-order valence-electron chi connectivity index (χ3n) is 10.9. The van der Waals surface area contributed by atoms with Gasteiger partial charge in [-0.1, -0.05) is 207 Å². The minimum atomic E-state index is -0.974. The van der Waals surface area contributed by atoms with Crippen molar-refractivity contribution in [2.75, 3.05) is 5.75 Å².